The molecule has 0 aromatic rings. The van der Waals surface area contributed by atoms with Crippen LogP contribution in [-0.2, 0) is 4.74 Å². The van der Waals surface area contributed by atoms with E-state index in [0.29, 0.717) is 0 Å². The third-order valence-corrected chi connectivity index (χ3v) is 2.26. The molecule has 14 heavy (non-hydrogen) atoms. The average Bonchev–Trinajstić information content (AvgIpc) is 2.48. The first-order chi connectivity index (χ1) is 6.71. The Hall–Kier alpha value is -0.890. The Morgan fingerprint density at radius 2 is 1.86 bits per heavy atom. The van der Waals surface area contributed by atoms with Gasteiger partial charge in [-0.05, 0) is 0 Å². The average molecular weight is 206 g/mol. The fraction of sp³-hybridized carbons (Fsp3) is 0.857. The zero-order valence-corrected chi connectivity index (χ0v) is 7.83. The van der Waals surface area contributed by atoms with Gasteiger partial charge in [-0.25, -0.2) is 4.79 Å². The second-order valence-corrected chi connectivity index (χ2v) is 2.88. The Kier molecular flexibility index (Phi) is 3.64. The lowest BCUT2D eigenvalue weighted by molar-refractivity contribution is -0.0528. The van der Waals surface area contributed by atoms with Crippen molar-refractivity contribution >= 4 is 6.03 Å². The van der Waals surface area contributed by atoms with Crippen LogP contribution in [0.1, 0.15) is 0 Å². The van der Waals surface area contributed by atoms with Crippen molar-refractivity contribution in [2.24, 2.45) is 0 Å². The molecule has 0 aromatic carbocycles. The monoisotopic (exact) mass is 206 g/mol. The Morgan fingerprint density at radius 1 is 1.29 bits per heavy atom. The third-order valence-electron chi connectivity index (χ3n) is 2.26. The number of rotatable bonds is 4. The smallest absolute Gasteiger partial charge is 0.326 e. The molecule has 0 aromatic heterocycles. The maximum absolute atomic E-state index is 11.4. The summed E-state index contributed by atoms with van der Waals surface area (Å²) in [6, 6.07) is -1.20. The molecular weight excluding hydrogens is 192 g/mol. The number of hydrogen-bond acceptors (Lipinski definition) is 5. The van der Waals surface area contributed by atoms with E-state index in [2.05, 4.69) is 0 Å². The van der Waals surface area contributed by atoms with Gasteiger partial charge >= 0.3 is 6.03 Å². The van der Waals surface area contributed by atoms with Gasteiger partial charge in [0.15, 0.2) is 6.23 Å². The summed E-state index contributed by atoms with van der Waals surface area (Å²) in [6.07, 6.45) is -0.732. The van der Waals surface area contributed by atoms with Crippen molar-refractivity contribution in [3.8, 4) is 0 Å². The number of ether oxygens (including phenoxy) is 1. The van der Waals surface area contributed by atoms with Crippen molar-refractivity contribution in [2.45, 2.75) is 12.3 Å². The lowest BCUT2D eigenvalue weighted by Crippen LogP contribution is -2.41. The summed E-state index contributed by atoms with van der Waals surface area (Å²) >= 11 is 0. The van der Waals surface area contributed by atoms with Gasteiger partial charge in [0.1, 0.15) is 19.5 Å². The van der Waals surface area contributed by atoms with E-state index >= 15 is 0 Å². The van der Waals surface area contributed by atoms with Crippen molar-refractivity contribution in [1.29, 1.82) is 0 Å². The van der Waals surface area contributed by atoms with Crippen LogP contribution in [0.25, 0.3) is 0 Å². The van der Waals surface area contributed by atoms with E-state index in [-0.39, 0.29) is 6.61 Å². The van der Waals surface area contributed by atoms with Gasteiger partial charge in [0.25, 0.3) is 0 Å². The SMILES string of the molecule is COC1C(CO)N(CO)C(=O)N1CO. The molecule has 2 atom stereocenters. The molecule has 0 bridgehead atoms. The number of carbonyl (C=O) groups excluding carboxylic acids is 1. The van der Waals surface area contributed by atoms with E-state index in [0.717, 1.165) is 9.80 Å². The second-order valence-electron chi connectivity index (χ2n) is 2.88. The standard InChI is InChI=1S/C7H14N2O5/c1-14-6-5(2-10)8(3-11)7(13)9(6)4-12/h5-6,10-12H,2-4H2,1H3. The molecule has 1 rings (SSSR count). The van der Waals surface area contributed by atoms with E-state index in [1.165, 1.54) is 7.11 Å². The quantitative estimate of drug-likeness (QED) is 0.492. The largest absolute Gasteiger partial charge is 0.394 e. The van der Waals surface area contributed by atoms with E-state index < -0.39 is 31.8 Å². The molecule has 82 valence electrons. The summed E-state index contributed by atoms with van der Waals surface area (Å²) in [5.41, 5.74) is 0. The van der Waals surface area contributed by atoms with Crippen LogP contribution in [0.2, 0.25) is 0 Å². The maximum Gasteiger partial charge on any atom is 0.326 e. The van der Waals surface area contributed by atoms with Crippen molar-refractivity contribution in [1.82, 2.24) is 9.80 Å². The topological polar surface area (TPSA) is 93.5 Å². The van der Waals surface area contributed by atoms with Gasteiger partial charge in [0.2, 0.25) is 0 Å². The molecule has 0 spiro atoms. The molecule has 0 radical (unpaired) electrons. The van der Waals surface area contributed by atoms with Gasteiger partial charge in [-0.2, -0.15) is 0 Å². The fourth-order valence-corrected chi connectivity index (χ4v) is 1.56. The summed E-state index contributed by atoms with van der Waals surface area (Å²) in [4.78, 5) is 13.5. The van der Waals surface area contributed by atoms with Gasteiger partial charge < -0.3 is 20.1 Å². The summed E-state index contributed by atoms with van der Waals surface area (Å²) in [7, 11) is 1.37. The highest BCUT2D eigenvalue weighted by Gasteiger charge is 2.45. The second kappa shape index (κ2) is 4.56. The van der Waals surface area contributed by atoms with E-state index in [9.17, 15) is 4.79 Å². The lowest BCUT2D eigenvalue weighted by atomic mass is 10.3. The molecule has 0 aliphatic carbocycles. The van der Waals surface area contributed by atoms with Crippen LogP contribution < -0.4 is 0 Å². The molecule has 1 fully saturated rings. The molecule has 2 unspecified atom stereocenters. The molecular formula is C7H14N2O5. The lowest BCUT2D eigenvalue weighted by Gasteiger charge is -2.22. The number of aliphatic hydroxyl groups excluding tert-OH is 3. The van der Waals surface area contributed by atoms with E-state index in [1.54, 1.807) is 0 Å². The number of aliphatic hydroxyl groups is 3. The fourth-order valence-electron chi connectivity index (χ4n) is 1.56. The first-order valence-electron chi connectivity index (χ1n) is 4.13. The minimum atomic E-state index is -0.732. The molecule has 3 N–H and O–H groups in total. The minimum absolute atomic E-state index is 0.332. The predicted molar refractivity (Wildman–Crippen MR) is 44.9 cm³/mol. The highest BCUT2D eigenvalue weighted by molar-refractivity contribution is 5.77. The van der Waals surface area contributed by atoms with Crippen molar-refractivity contribution < 1.29 is 24.9 Å². The first-order valence-corrected chi connectivity index (χ1v) is 4.13. The predicted octanol–water partition coefficient (Wildman–Crippen LogP) is -2.04. The van der Waals surface area contributed by atoms with Gasteiger partial charge in [-0.3, -0.25) is 9.80 Å². The molecule has 7 nitrogen and oxygen atoms in total. The zero-order valence-electron chi connectivity index (χ0n) is 7.83. The van der Waals surface area contributed by atoms with Crippen molar-refractivity contribution in [2.75, 3.05) is 27.2 Å². The van der Waals surface area contributed by atoms with Gasteiger partial charge in [-0.1, -0.05) is 0 Å². The van der Waals surface area contributed by atoms with Crippen LogP contribution >= 0.6 is 0 Å². The highest BCUT2D eigenvalue weighted by Crippen LogP contribution is 2.21. The van der Waals surface area contributed by atoms with Crippen LogP contribution in [0, 0.1) is 0 Å². The van der Waals surface area contributed by atoms with Crippen LogP contribution in [0.4, 0.5) is 4.79 Å². The summed E-state index contributed by atoms with van der Waals surface area (Å²) in [6.45, 7) is -1.36. The normalized spacial score (nSPS) is 27.6. The number of nitrogens with zero attached hydrogens (tertiary/aromatic N) is 2. The van der Waals surface area contributed by atoms with Gasteiger partial charge in [-0.15, -0.1) is 0 Å². The van der Waals surface area contributed by atoms with Crippen molar-refractivity contribution in [3.63, 3.8) is 0 Å². The Balaban J connectivity index is 2.87. The van der Waals surface area contributed by atoms with Crippen molar-refractivity contribution in [3.05, 3.63) is 0 Å². The van der Waals surface area contributed by atoms with Crippen LogP contribution in [0.15, 0.2) is 0 Å². The number of hydrogen-bond donors (Lipinski definition) is 3. The highest BCUT2D eigenvalue weighted by atomic mass is 16.5. The van der Waals surface area contributed by atoms with Crippen LogP contribution in [-0.4, -0.2) is 70.6 Å². The third kappa shape index (κ3) is 1.55. The number of methoxy groups -OCH3 is 1. The van der Waals surface area contributed by atoms with Gasteiger partial charge in [0.05, 0.1) is 6.61 Å². The molecule has 1 heterocycles. The minimum Gasteiger partial charge on any atom is -0.394 e. The molecule has 0 saturated carbocycles. The molecule has 1 aliphatic heterocycles. The Labute approximate surface area is 81.1 Å². The van der Waals surface area contributed by atoms with Gasteiger partial charge in [0, 0.05) is 7.11 Å². The molecule has 7 heteroatoms. The van der Waals surface area contributed by atoms with E-state index in [1.807, 2.05) is 0 Å². The Bertz CT molecular complexity index is 192. The maximum atomic E-state index is 11.4. The first kappa shape index (κ1) is 11.2. The Morgan fingerprint density at radius 3 is 2.21 bits per heavy atom. The molecule has 2 amide bonds. The van der Waals surface area contributed by atoms with Crippen LogP contribution in [0.5, 0.6) is 0 Å². The van der Waals surface area contributed by atoms with Crippen LogP contribution in [0.3, 0.4) is 0 Å². The zero-order chi connectivity index (χ0) is 10.7. The summed E-state index contributed by atoms with van der Waals surface area (Å²) in [5.74, 6) is 0. The molecule has 1 aliphatic rings. The number of carbonyl (C=O) groups is 1. The summed E-state index contributed by atoms with van der Waals surface area (Å²) < 4.78 is 4.95. The van der Waals surface area contributed by atoms with E-state index in [4.69, 9.17) is 20.1 Å². The number of urea groups is 1. The summed E-state index contributed by atoms with van der Waals surface area (Å²) in [5, 5.41) is 26.8. The molecule has 1 saturated heterocycles. The number of amides is 2.